The van der Waals surface area contributed by atoms with Gasteiger partial charge in [-0.15, -0.1) is 0 Å². The van der Waals surface area contributed by atoms with E-state index in [1.165, 1.54) is 5.56 Å². The van der Waals surface area contributed by atoms with Crippen molar-refractivity contribution in [3.8, 4) is 0 Å². The number of hydrogen-bond donors (Lipinski definition) is 2. The molecule has 0 saturated heterocycles. The number of nitrogens with one attached hydrogen (secondary N) is 1. The fraction of sp³-hybridized carbons (Fsp3) is 0.364. The third-order valence-electron chi connectivity index (χ3n) is 2.11. The van der Waals surface area contributed by atoms with Gasteiger partial charge in [0.2, 0.25) is 0 Å². The summed E-state index contributed by atoms with van der Waals surface area (Å²) in [5, 5.41) is 2.79. The lowest BCUT2D eigenvalue weighted by Crippen LogP contribution is -2.35. The minimum Gasteiger partial charge on any atom is -0.329 e. The maximum absolute atomic E-state index is 11.5. The molecule has 0 fully saturated rings. The number of hydrogen-bond acceptors (Lipinski definition) is 2. The molecule has 0 aliphatic carbocycles. The molecule has 0 saturated carbocycles. The molecule has 1 rings (SSSR count). The first-order valence-corrected chi connectivity index (χ1v) is 4.92. The molecule has 0 unspecified atom stereocenters. The molecule has 3 N–H and O–H groups in total. The Bertz CT molecular complexity index is 321. The highest BCUT2D eigenvalue weighted by atomic mass is 16.2. The Kier molecular flexibility index (Phi) is 4.12. The molecule has 0 aliphatic heterocycles. The van der Waals surface area contributed by atoms with Gasteiger partial charge in [0.1, 0.15) is 0 Å². The normalized spacial score (nSPS) is 9.80. The Morgan fingerprint density at radius 2 is 2.00 bits per heavy atom. The van der Waals surface area contributed by atoms with Crippen LogP contribution in [0.15, 0.2) is 24.3 Å². The van der Waals surface area contributed by atoms with Crippen LogP contribution in [0.1, 0.15) is 5.56 Å². The predicted octanol–water partition coefficient (Wildman–Crippen LogP) is 1.42. The molecule has 4 nitrogen and oxygen atoms in total. The number of carbonyl (C=O) groups excluding carboxylic acids is 1. The number of amides is 2. The Hall–Kier alpha value is -1.55. The maximum atomic E-state index is 11.5. The van der Waals surface area contributed by atoms with Gasteiger partial charge in [-0.2, -0.15) is 0 Å². The minimum atomic E-state index is -0.135. The van der Waals surface area contributed by atoms with Crippen molar-refractivity contribution in [2.75, 3.05) is 25.5 Å². The number of nitrogens with zero attached hydrogens (tertiary/aromatic N) is 1. The zero-order chi connectivity index (χ0) is 11.3. The van der Waals surface area contributed by atoms with Crippen LogP contribution in [0.4, 0.5) is 10.5 Å². The summed E-state index contributed by atoms with van der Waals surface area (Å²) in [7, 11) is 1.72. The van der Waals surface area contributed by atoms with Gasteiger partial charge in [0.15, 0.2) is 0 Å². The molecular formula is C11H17N3O. The van der Waals surface area contributed by atoms with Crippen molar-refractivity contribution in [2.45, 2.75) is 6.92 Å². The molecule has 0 radical (unpaired) electrons. The summed E-state index contributed by atoms with van der Waals surface area (Å²) < 4.78 is 0. The maximum Gasteiger partial charge on any atom is 0.321 e. The standard InChI is InChI=1S/C11H17N3O/c1-9-3-5-10(6-4-9)13-11(15)14(2)8-7-12/h3-6H,7-8,12H2,1-2H3,(H,13,15). The monoisotopic (exact) mass is 207 g/mol. The highest BCUT2D eigenvalue weighted by Gasteiger charge is 2.06. The molecule has 2 amide bonds. The van der Waals surface area contributed by atoms with Crippen LogP contribution in [-0.2, 0) is 0 Å². The zero-order valence-corrected chi connectivity index (χ0v) is 9.16. The van der Waals surface area contributed by atoms with Crippen LogP contribution >= 0.6 is 0 Å². The largest absolute Gasteiger partial charge is 0.329 e. The molecule has 0 aliphatic rings. The second-order valence-corrected chi connectivity index (χ2v) is 3.51. The fourth-order valence-electron chi connectivity index (χ4n) is 1.15. The summed E-state index contributed by atoms with van der Waals surface area (Å²) in [5.41, 5.74) is 7.33. The van der Waals surface area contributed by atoms with E-state index in [4.69, 9.17) is 5.73 Å². The van der Waals surface area contributed by atoms with Gasteiger partial charge in [0.25, 0.3) is 0 Å². The smallest absolute Gasteiger partial charge is 0.321 e. The molecule has 1 aromatic carbocycles. The summed E-state index contributed by atoms with van der Waals surface area (Å²) in [5.74, 6) is 0. The highest BCUT2D eigenvalue weighted by molar-refractivity contribution is 5.89. The third-order valence-corrected chi connectivity index (χ3v) is 2.11. The number of nitrogens with two attached hydrogens (primary N) is 1. The van der Waals surface area contributed by atoms with Gasteiger partial charge in [-0.1, -0.05) is 17.7 Å². The molecule has 0 bridgehead atoms. The number of benzene rings is 1. The second kappa shape index (κ2) is 5.36. The van der Waals surface area contributed by atoms with E-state index in [9.17, 15) is 4.79 Å². The van der Waals surface area contributed by atoms with Crippen molar-refractivity contribution in [2.24, 2.45) is 5.73 Å². The Morgan fingerprint density at radius 1 is 1.40 bits per heavy atom. The first-order chi connectivity index (χ1) is 7.13. The first kappa shape index (κ1) is 11.5. The van der Waals surface area contributed by atoms with Crippen LogP contribution in [0.3, 0.4) is 0 Å². The SMILES string of the molecule is Cc1ccc(NC(=O)N(C)CCN)cc1. The number of aryl methyl sites for hydroxylation is 1. The van der Waals surface area contributed by atoms with E-state index in [0.29, 0.717) is 13.1 Å². The van der Waals surface area contributed by atoms with E-state index in [1.807, 2.05) is 31.2 Å². The number of rotatable bonds is 3. The summed E-state index contributed by atoms with van der Waals surface area (Å²) in [6.07, 6.45) is 0. The molecule has 0 atom stereocenters. The van der Waals surface area contributed by atoms with Crippen LogP contribution in [0.2, 0.25) is 0 Å². The molecule has 4 heteroatoms. The number of urea groups is 1. The van der Waals surface area contributed by atoms with Crippen molar-refractivity contribution in [1.82, 2.24) is 4.90 Å². The van der Waals surface area contributed by atoms with Gasteiger partial charge in [0.05, 0.1) is 0 Å². The number of carbonyl (C=O) groups is 1. The lowest BCUT2D eigenvalue weighted by atomic mass is 10.2. The van der Waals surface area contributed by atoms with E-state index in [-0.39, 0.29) is 6.03 Å². The van der Waals surface area contributed by atoms with Gasteiger partial charge in [-0.3, -0.25) is 0 Å². The fourth-order valence-corrected chi connectivity index (χ4v) is 1.15. The molecule has 1 aromatic rings. The predicted molar refractivity (Wildman–Crippen MR) is 61.9 cm³/mol. The number of anilines is 1. The molecule has 0 spiro atoms. The summed E-state index contributed by atoms with van der Waals surface area (Å²) in [6.45, 7) is 3.03. The van der Waals surface area contributed by atoms with E-state index < -0.39 is 0 Å². The van der Waals surface area contributed by atoms with Crippen LogP contribution in [0.5, 0.6) is 0 Å². The highest BCUT2D eigenvalue weighted by Crippen LogP contribution is 2.08. The van der Waals surface area contributed by atoms with Crippen molar-refractivity contribution in [3.63, 3.8) is 0 Å². The van der Waals surface area contributed by atoms with Crippen LogP contribution in [0.25, 0.3) is 0 Å². The summed E-state index contributed by atoms with van der Waals surface area (Å²) in [4.78, 5) is 13.1. The van der Waals surface area contributed by atoms with Crippen molar-refractivity contribution in [1.29, 1.82) is 0 Å². The lowest BCUT2D eigenvalue weighted by Gasteiger charge is -2.16. The second-order valence-electron chi connectivity index (χ2n) is 3.51. The lowest BCUT2D eigenvalue weighted by molar-refractivity contribution is 0.223. The van der Waals surface area contributed by atoms with Crippen molar-refractivity contribution < 1.29 is 4.79 Å². The Balaban J connectivity index is 2.54. The zero-order valence-electron chi connectivity index (χ0n) is 9.16. The van der Waals surface area contributed by atoms with Crippen molar-refractivity contribution in [3.05, 3.63) is 29.8 Å². The molecule has 15 heavy (non-hydrogen) atoms. The topological polar surface area (TPSA) is 58.4 Å². The van der Waals surface area contributed by atoms with E-state index in [0.717, 1.165) is 5.69 Å². The average Bonchev–Trinajstić information content (AvgIpc) is 2.22. The molecule has 0 heterocycles. The number of likely N-dealkylation sites (N-methyl/N-ethyl adjacent to an activating group) is 1. The van der Waals surface area contributed by atoms with Gasteiger partial charge in [0, 0.05) is 25.8 Å². The van der Waals surface area contributed by atoms with Crippen LogP contribution in [0, 0.1) is 6.92 Å². The minimum absolute atomic E-state index is 0.135. The van der Waals surface area contributed by atoms with Gasteiger partial charge >= 0.3 is 6.03 Å². The van der Waals surface area contributed by atoms with E-state index in [1.54, 1.807) is 11.9 Å². The third kappa shape index (κ3) is 3.59. The first-order valence-electron chi connectivity index (χ1n) is 4.92. The van der Waals surface area contributed by atoms with Gasteiger partial charge in [-0.05, 0) is 19.1 Å². The summed E-state index contributed by atoms with van der Waals surface area (Å²) in [6, 6.07) is 7.54. The summed E-state index contributed by atoms with van der Waals surface area (Å²) >= 11 is 0. The molecule has 0 aromatic heterocycles. The Morgan fingerprint density at radius 3 is 2.53 bits per heavy atom. The van der Waals surface area contributed by atoms with Crippen molar-refractivity contribution >= 4 is 11.7 Å². The van der Waals surface area contributed by atoms with Crippen LogP contribution < -0.4 is 11.1 Å². The Labute approximate surface area is 90.1 Å². The average molecular weight is 207 g/mol. The van der Waals surface area contributed by atoms with Crippen LogP contribution in [-0.4, -0.2) is 31.1 Å². The van der Waals surface area contributed by atoms with E-state index in [2.05, 4.69) is 5.32 Å². The quantitative estimate of drug-likeness (QED) is 0.787. The molecular weight excluding hydrogens is 190 g/mol. The molecule has 82 valence electrons. The van der Waals surface area contributed by atoms with Gasteiger partial charge in [-0.25, -0.2) is 4.79 Å². The van der Waals surface area contributed by atoms with Gasteiger partial charge < -0.3 is 16.0 Å². The van der Waals surface area contributed by atoms with E-state index >= 15 is 0 Å².